The largest absolute Gasteiger partial charge is 0.423 e. The van der Waals surface area contributed by atoms with Crippen molar-refractivity contribution in [1.29, 1.82) is 0 Å². The second-order valence-corrected chi connectivity index (χ2v) is 11.0. The molecule has 4 rings (SSSR count). The Balaban J connectivity index is 1.50. The fourth-order valence-electron chi connectivity index (χ4n) is 3.25. The first kappa shape index (κ1) is 23.8. The summed E-state index contributed by atoms with van der Waals surface area (Å²) >= 11 is 5.96. The summed E-state index contributed by atoms with van der Waals surface area (Å²) in [4.78, 5) is 11.6. The summed E-state index contributed by atoms with van der Waals surface area (Å²) < 4.78 is 55.9. The number of fused-ring (bicyclic) bond motifs is 1. The monoisotopic (exact) mass is 519 g/mol. The van der Waals surface area contributed by atoms with Crippen LogP contribution in [-0.4, -0.2) is 16.8 Å². The molecule has 0 bridgehead atoms. The second-order valence-electron chi connectivity index (χ2n) is 7.29. The minimum atomic E-state index is -3.98. The number of hydrogen-bond donors (Lipinski definition) is 3. The van der Waals surface area contributed by atoms with Crippen LogP contribution < -0.4 is 20.8 Å². The van der Waals surface area contributed by atoms with E-state index in [1.807, 2.05) is 0 Å². The molecule has 0 aliphatic carbocycles. The van der Waals surface area contributed by atoms with Crippen molar-refractivity contribution in [3.05, 3.63) is 93.8 Å². The van der Waals surface area contributed by atoms with Crippen molar-refractivity contribution >= 4 is 54.0 Å². The molecule has 1 heterocycles. The van der Waals surface area contributed by atoms with Gasteiger partial charge in [-0.1, -0.05) is 17.7 Å². The van der Waals surface area contributed by atoms with Gasteiger partial charge in [0.2, 0.25) is 10.0 Å². The molecule has 0 amide bonds. The molecule has 12 heteroatoms. The minimum absolute atomic E-state index is 0.0282. The summed E-state index contributed by atoms with van der Waals surface area (Å²) in [6, 6.07) is 17.5. The average molecular weight is 520 g/mol. The van der Waals surface area contributed by atoms with Gasteiger partial charge in [0.25, 0.3) is 10.0 Å². The maximum absolute atomic E-state index is 12.7. The van der Waals surface area contributed by atoms with Crippen molar-refractivity contribution in [1.82, 2.24) is 0 Å². The highest BCUT2D eigenvalue weighted by molar-refractivity contribution is 7.92. The highest BCUT2D eigenvalue weighted by Crippen LogP contribution is 2.23. The quantitative estimate of drug-likeness (QED) is 0.316. The van der Waals surface area contributed by atoms with Gasteiger partial charge in [0.1, 0.15) is 5.58 Å². The Kier molecular flexibility index (Phi) is 6.36. The number of rotatable bonds is 7. The molecule has 0 aliphatic heterocycles. The van der Waals surface area contributed by atoms with Gasteiger partial charge in [-0.15, -0.1) is 0 Å². The third-order valence-corrected chi connectivity index (χ3v) is 7.40. The molecule has 0 spiro atoms. The summed E-state index contributed by atoms with van der Waals surface area (Å²) in [6.07, 6.45) is 0. The van der Waals surface area contributed by atoms with Gasteiger partial charge in [0.15, 0.2) is 0 Å². The molecule has 0 radical (unpaired) electrons. The highest BCUT2D eigenvalue weighted by atomic mass is 35.5. The van der Waals surface area contributed by atoms with Gasteiger partial charge in [-0.25, -0.2) is 26.8 Å². The Hall–Kier alpha value is -3.38. The van der Waals surface area contributed by atoms with E-state index in [2.05, 4.69) is 10.0 Å². The van der Waals surface area contributed by atoms with Crippen molar-refractivity contribution in [2.75, 3.05) is 10.0 Å². The van der Waals surface area contributed by atoms with E-state index in [9.17, 15) is 21.6 Å². The first-order valence-corrected chi connectivity index (χ1v) is 13.1. The van der Waals surface area contributed by atoms with Gasteiger partial charge in [-0.3, -0.25) is 4.72 Å². The van der Waals surface area contributed by atoms with Crippen molar-refractivity contribution < 1.29 is 21.3 Å². The summed E-state index contributed by atoms with van der Waals surface area (Å²) in [5.74, 6) is 0. The van der Waals surface area contributed by atoms with E-state index in [4.69, 9.17) is 21.2 Å². The van der Waals surface area contributed by atoms with Crippen LogP contribution in [0.4, 0.5) is 11.4 Å². The van der Waals surface area contributed by atoms with Crippen LogP contribution in [0.25, 0.3) is 11.0 Å². The molecule has 1 aromatic heterocycles. The number of anilines is 2. The summed E-state index contributed by atoms with van der Waals surface area (Å²) in [5, 5.41) is 9.40. The van der Waals surface area contributed by atoms with E-state index in [-0.39, 0.29) is 22.0 Å². The van der Waals surface area contributed by atoms with Gasteiger partial charge in [0.05, 0.1) is 15.5 Å². The highest BCUT2D eigenvalue weighted by Gasteiger charge is 2.16. The van der Waals surface area contributed by atoms with Crippen LogP contribution in [0, 0.1) is 0 Å². The first-order valence-electron chi connectivity index (χ1n) is 9.73. The standard InChI is InChI=1S/C22H18ClN3O6S2/c23-15-4-9-20-14(10-22(27)32-21(20)11-15)13-25-16-5-7-18(8-6-16)34(30,31)26-17-2-1-3-19(12-17)33(24,28)29/h1-12,25-26H,13H2,(H2,24,28,29). The number of benzene rings is 3. The predicted molar refractivity (Wildman–Crippen MR) is 130 cm³/mol. The Labute approximate surface area is 200 Å². The SMILES string of the molecule is NS(=O)(=O)c1cccc(NS(=O)(=O)c2ccc(NCc3cc(=O)oc4cc(Cl)ccc34)cc2)c1. The topological polar surface area (TPSA) is 149 Å². The Morgan fingerprint density at radius 3 is 2.29 bits per heavy atom. The molecular formula is C22H18ClN3O6S2. The third-order valence-electron chi connectivity index (χ3n) is 4.85. The fraction of sp³-hybridized carbons (Fsp3) is 0.0455. The van der Waals surface area contributed by atoms with E-state index >= 15 is 0 Å². The van der Waals surface area contributed by atoms with Crippen LogP contribution in [0.5, 0.6) is 0 Å². The zero-order valence-electron chi connectivity index (χ0n) is 17.4. The summed E-state index contributed by atoms with van der Waals surface area (Å²) in [5.41, 5.74) is 1.23. The van der Waals surface area contributed by atoms with Crippen molar-refractivity contribution in [3.8, 4) is 0 Å². The van der Waals surface area contributed by atoms with Crippen LogP contribution in [0.1, 0.15) is 5.56 Å². The average Bonchev–Trinajstić information content (AvgIpc) is 2.76. The van der Waals surface area contributed by atoms with Crippen LogP contribution in [0.3, 0.4) is 0 Å². The molecule has 0 atom stereocenters. The van der Waals surface area contributed by atoms with Gasteiger partial charge >= 0.3 is 5.63 Å². The van der Waals surface area contributed by atoms with Gasteiger partial charge < -0.3 is 9.73 Å². The maximum atomic E-state index is 12.7. The molecule has 3 aromatic carbocycles. The molecule has 9 nitrogen and oxygen atoms in total. The number of nitrogens with one attached hydrogen (secondary N) is 2. The Bertz CT molecular complexity index is 1650. The van der Waals surface area contributed by atoms with Crippen molar-refractivity contribution in [3.63, 3.8) is 0 Å². The zero-order chi connectivity index (χ0) is 24.5. The normalized spacial score (nSPS) is 11.9. The van der Waals surface area contributed by atoms with Crippen molar-refractivity contribution in [2.45, 2.75) is 16.3 Å². The Morgan fingerprint density at radius 1 is 0.853 bits per heavy atom. The molecule has 0 aliphatic rings. The second kappa shape index (κ2) is 9.11. The zero-order valence-corrected chi connectivity index (χ0v) is 19.7. The molecule has 4 N–H and O–H groups in total. The van der Waals surface area contributed by atoms with Crippen LogP contribution in [0.2, 0.25) is 5.02 Å². The van der Waals surface area contributed by atoms with Crippen molar-refractivity contribution in [2.24, 2.45) is 5.14 Å². The van der Waals surface area contributed by atoms with E-state index in [0.29, 0.717) is 21.9 Å². The minimum Gasteiger partial charge on any atom is -0.423 e. The molecular weight excluding hydrogens is 502 g/mol. The van der Waals surface area contributed by atoms with E-state index < -0.39 is 25.7 Å². The van der Waals surface area contributed by atoms with Crippen LogP contribution in [-0.2, 0) is 26.6 Å². The van der Waals surface area contributed by atoms with Gasteiger partial charge in [0, 0.05) is 34.8 Å². The van der Waals surface area contributed by atoms with Gasteiger partial charge in [-0.2, -0.15) is 0 Å². The lowest BCUT2D eigenvalue weighted by Gasteiger charge is -2.11. The van der Waals surface area contributed by atoms with E-state index in [1.54, 1.807) is 30.3 Å². The van der Waals surface area contributed by atoms with Gasteiger partial charge in [-0.05, 0) is 60.2 Å². The molecule has 0 saturated heterocycles. The summed E-state index contributed by atoms with van der Waals surface area (Å²) in [6.45, 7) is 0.286. The third kappa shape index (κ3) is 5.39. The maximum Gasteiger partial charge on any atom is 0.336 e. The molecule has 0 fully saturated rings. The first-order chi connectivity index (χ1) is 16.0. The predicted octanol–water partition coefficient (Wildman–Crippen LogP) is 3.51. The summed E-state index contributed by atoms with van der Waals surface area (Å²) in [7, 11) is -7.95. The van der Waals surface area contributed by atoms with E-state index in [0.717, 1.165) is 11.5 Å². The lowest BCUT2D eigenvalue weighted by atomic mass is 10.1. The number of hydrogen-bond acceptors (Lipinski definition) is 7. The lowest BCUT2D eigenvalue weighted by molar-refractivity contribution is 0.559. The van der Waals surface area contributed by atoms with E-state index in [1.165, 1.54) is 36.4 Å². The molecule has 4 aromatic rings. The lowest BCUT2D eigenvalue weighted by Crippen LogP contribution is -2.15. The number of sulfonamides is 2. The van der Waals surface area contributed by atoms with Crippen LogP contribution in [0.15, 0.2) is 91.8 Å². The number of halogens is 1. The molecule has 0 saturated carbocycles. The number of nitrogens with two attached hydrogens (primary N) is 1. The molecule has 34 heavy (non-hydrogen) atoms. The Morgan fingerprint density at radius 2 is 1.59 bits per heavy atom. The number of primary sulfonamides is 1. The fourth-order valence-corrected chi connectivity index (χ4v) is 5.02. The molecule has 0 unspecified atom stereocenters. The smallest absolute Gasteiger partial charge is 0.336 e. The molecule has 176 valence electrons. The van der Waals surface area contributed by atoms with Crippen LogP contribution >= 0.6 is 11.6 Å².